The Morgan fingerprint density at radius 2 is 1.20 bits per heavy atom. The van der Waals surface area contributed by atoms with Gasteiger partial charge in [0.2, 0.25) is 5.91 Å². The summed E-state index contributed by atoms with van der Waals surface area (Å²) in [5, 5.41) is 2.73. The molecule has 3 saturated heterocycles. The molecule has 250 valence electrons. The topological polar surface area (TPSA) is 90.0 Å². The molecule has 44 heavy (non-hydrogen) atoms. The number of nitrogens with zero attached hydrogens (tertiary/aromatic N) is 3. The number of likely N-dealkylation sites (tertiary alicyclic amines) is 3. The van der Waals surface area contributed by atoms with Crippen molar-refractivity contribution in [1.29, 1.82) is 0 Å². The normalized spacial score (nSPS) is 16.2. The quantitative estimate of drug-likeness (QED) is 0.197. The van der Waals surface area contributed by atoms with Gasteiger partial charge in [-0.05, 0) is 33.0 Å². The average Bonchev–Trinajstić information content (AvgIpc) is 3.77. The Hall–Kier alpha value is 1.59. The van der Waals surface area contributed by atoms with Crippen LogP contribution in [0.5, 0.6) is 0 Å². The van der Waals surface area contributed by atoms with Crippen molar-refractivity contribution in [2.24, 2.45) is 5.92 Å². The van der Waals surface area contributed by atoms with Crippen molar-refractivity contribution in [3.63, 3.8) is 0 Å². The fraction of sp³-hybridized carbons (Fsp3) is 0.750. The third-order valence-corrected chi connectivity index (χ3v) is 7.33. The van der Waals surface area contributed by atoms with Crippen LogP contribution in [-0.2, 0) is 40.2 Å². The zero-order valence-electron chi connectivity index (χ0n) is 27.9. The molecule has 0 aromatic carbocycles. The van der Waals surface area contributed by atoms with Crippen LogP contribution in [-0.4, -0.2) is 64.0 Å². The van der Waals surface area contributed by atoms with Gasteiger partial charge in [-0.25, -0.2) is 19.6 Å². The molecule has 0 bridgehead atoms. The summed E-state index contributed by atoms with van der Waals surface area (Å²) in [5.74, 6) is 0.654. The minimum absolute atomic E-state index is 0. The van der Waals surface area contributed by atoms with Crippen LogP contribution in [0, 0.1) is 125 Å². The summed E-state index contributed by atoms with van der Waals surface area (Å²) < 4.78 is 0. The molecular weight excluding hydrogens is 1400 g/mol. The fourth-order valence-corrected chi connectivity index (χ4v) is 4.76. The molecule has 8 nitrogen and oxygen atoms in total. The van der Waals surface area contributed by atoms with E-state index in [2.05, 4.69) is 19.2 Å². The van der Waals surface area contributed by atoms with Crippen molar-refractivity contribution < 1.29 is 134 Å². The van der Waals surface area contributed by atoms with Gasteiger partial charge in [-0.3, -0.25) is 14.4 Å². The van der Waals surface area contributed by atoms with E-state index in [1.165, 1.54) is 12.8 Å². The van der Waals surface area contributed by atoms with Gasteiger partial charge in [-0.15, -0.1) is 0 Å². The second kappa shape index (κ2) is 33.1. The Balaban J connectivity index is -0.000000274. The molecule has 2 atom stereocenters. The SMILES string of the molecule is CCC(=O)N1[CH-]CCC1.CCCCC(C)C(=O)N1[CH-]CCC1.CCCCC[CH-]C(=O)NC(C)C(=O)N1[CH-]CCC1.[U].[U].[U].[W]. The van der Waals surface area contributed by atoms with Crippen LogP contribution in [0.3, 0.4) is 0 Å². The second-order valence-electron chi connectivity index (χ2n) is 11.0. The zero-order chi connectivity index (χ0) is 29.8. The molecule has 0 radical (unpaired) electrons. The molecule has 3 heterocycles. The average molecular weight is 1460 g/mol. The third kappa shape index (κ3) is 23.0. The van der Waals surface area contributed by atoms with Crippen molar-refractivity contribution in [3.05, 3.63) is 26.1 Å². The number of nitrogens with one attached hydrogen (secondary N) is 1. The summed E-state index contributed by atoms with van der Waals surface area (Å²) in [7, 11) is 0. The largest absolute Gasteiger partial charge is 0.493 e. The smallest absolute Gasteiger partial charge is 0.215 e. The molecule has 0 spiro atoms. The van der Waals surface area contributed by atoms with Crippen LogP contribution >= 0.6 is 0 Å². The van der Waals surface area contributed by atoms with Crippen molar-refractivity contribution in [2.45, 2.75) is 131 Å². The van der Waals surface area contributed by atoms with Crippen LogP contribution in [0.2, 0.25) is 0 Å². The van der Waals surface area contributed by atoms with E-state index in [0.29, 0.717) is 12.3 Å². The van der Waals surface area contributed by atoms with Crippen molar-refractivity contribution in [3.8, 4) is 0 Å². The van der Waals surface area contributed by atoms with Crippen molar-refractivity contribution >= 4 is 23.6 Å². The van der Waals surface area contributed by atoms with Crippen molar-refractivity contribution in [2.75, 3.05) is 19.6 Å². The molecule has 0 saturated carbocycles. The summed E-state index contributed by atoms with van der Waals surface area (Å²) in [4.78, 5) is 51.6. The van der Waals surface area contributed by atoms with Gasteiger partial charge in [-0.2, -0.15) is 25.7 Å². The number of hydrogen-bond acceptors (Lipinski definition) is 4. The van der Waals surface area contributed by atoms with E-state index in [4.69, 9.17) is 0 Å². The predicted octanol–water partition coefficient (Wildman–Crippen LogP) is 5.83. The van der Waals surface area contributed by atoms with Crippen LogP contribution in [0.1, 0.15) is 125 Å². The third-order valence-electron chi connectivity index (χ3n) is 7.33. The predicted molar refractivity (Wildman–Crippen MR) is 161 cm³/mol. The van der Waals surface area contributed by atoms with Gasteiger partial charge < -0.3 is 31.2 Å². The van der Waals surface area contributed by atoms with Crippen LogP contribution in [0.15, 0.2) is 0 Å². The Bertz CT molecular complexity index is 749. The van der Waals surface area contributed by atoms with Crippen LogP contribution < -0.4 is 5.32 Å². The van der Waals surface area contributed by atoms with Crippen LogP contribution in [0.4, 0.5) is 0 Å². The van der Waals surface area contributed by atoms with Gasteiger partial charge in [0, 0.05) is 127 Å². The molecule has 3 aliphatic heterocycles. The monoisotopic (exact) mass is 1460 g/mol. The summed E-state index contributed by atoms with van der Waals surface area (Å²) >= 11 is 0. The Labute approximate surface area is 355 Å². The number of carbonyl (C=O) groups is 4. The van der Waals surface area contributed by atoms with Gasteiger partial charge >= 0.3 is 0 Å². The molecule has 3 rings (SSSR count). The Morgan fingerprint density at radius 1 is 0.727 bits per heavy atom. The first-order chi connectivity index (χ1) is 19.2. The van der Waals surface area contributed by atoms with Gasteiger partial charge in [0.15, 0.2) is 11.8 Å². The maximum Gasteiger partial charge on any atom is 0.215 e. The minimum atomic E-state index is -0.436. The first-order valence-corrected chi connectivity index (χ1v) is 15.8. The molecule has 0 aliphatic carbocycles. The molecule has 3 aliphatic rings. The van der Waals surface area contributed by atoms with E-state index in [0.717, 1.165) is 90.3 Å². The molecule has 0 aromatic rings. The summed E-state index contributed by atoms with van der Waals surface area (Å²) in [6.07, 6.45) is 16.2. The molecule has 3 fully saturated rings. The standard InChI is InChI=1S/C14H24N2O2.C11H20NO.C7H12NO.3U.W/c1-3-4-5-6-9-13(17)15-12(2)14(18)16-10-7-8-11-16;1-3-4-7-10(2)11(13)12-8-5-6-9-12;1-2-7(9)8-5-3-4-6-8;;;;/h9-10,12H,3-8,11H2,1-2H3,(H,15,17);8,10H,3-7,9H2,1-2H3;5H,2-4,6H2,1H3;;;;/q-2;2*-1;;;;. The van der Waals surface area contributed by atoms with Gasteiger partial charge in [0.05, 0.1) is 5.91 Å². The second-order valence-corrected chi connectivity index (χ2v) is 11.0. The number of hydrogen-bond donors (Lipinski definition) is 1. The van der Waals surface area contributed by atoms with E-state index < -0.39 is 6.04 Å². The molecular formula is C32H56N4O4U3W-4. The number of amides is 4. The summed E-state index contributed by atoms with van der Waals surface area (Å²) in [6.45, 7) is 18.6. The molecule has 1 N–H and O–H groups in total. The first-order valence-electron chi connectivity index (χ1n) is 15.8. The zero-order valence-corrected chi connectivity index (χ0v) is 43.3. The van der Waals surface area contributed by atoms with E-state index in [1.54, 1.807) is 18.2 Å². The maximum absolute atomic E-state index is 11.9. The Morgan fingerprint density at radius 3 is 1.64 bits per heavy atom. The number of unbranched alkanes of at least 4 members (excludes halogenated alkanes) is 4. The number of rotatable bonds is 12. The maximum atomic E-state index is 11.9. The van der Waals surface area contributed by atoms with Gasteiger partial charge in [0.1, 0.15) is 6.04 Å². The van der Waals surface area contributed by atoms with E-state index in [9.17, 15) is 19.2 Å². The van der Waals surface area contributed by atoms with E-state index >= 15 is 0 Å². The fourth-order valence-electron chi connectivity index (χ4n) is 4.76. The molecule has 0 aromatic heterocycles. The van der Waals surface area contributed by atoms with Crippen LogP contribution in [0.25, 0.3) is 0 Å². The summed E-state index contributed by atoms with van der Waals surface area (Å²) in [5.41, 5.74) is 0. The first kappa shape index (κ1) is 52.4. The van der Waals surface area contributed by atoms with Crippen molar-refractivity contribution in [1.82, 2.24) is 20.0 Å². The molecule has 2 unspecified atom stereocenters. The Kier molecular flexibility index (Phi) is 39.4. The van der Waals surface area contributed by atoms with E-state index in [-0.39, 0.29) is 138 Å². The minimum Gasteiger partial charge on any atom is -0.493 e. The van der Waals surface area contributed by atoms with Gasteiger partial charge in [-0.1, -0.05) is 79.1 Å². The van der Waals surface area contributed by atoms with Gasteiger partial charge in [0.25, 0.3) is 0 Å². The molecule has 12 heteroatoms. The molecule has 4 amide bonds. The summed E-state index contributed by atoms with van der Waals surface area (Å²) in [6, 6.07) is -0.436. The van der Waals surface area contributed by atoms with E-state index in [1.807, 2.05) is 43.3 Å². The number of carbonyl (C=O) groups excluding carboxylic acids is 4.